The molecule has 0 radical (unpaired) electrons. The largest absolute Gasteiger partial charge is 0.330 e. The molecule has 1 saturated heterocycles. The van der Waals surface area contributed by atoms with Gasteiger partial charge < -0.3 is 11.1 Å². The number of piperidine rings is 1. The lowest BCUT2D eigenvalue weighted by Crippen LogP contribution is -2.41. The summed E-state index contributed by atoms with van der Waals surface area (Å²) < 4.78 is 0. The molecule has 2 unspecified atom stereocenters. The monoisotopic (exact) mass is 232 g/mol. The lowest BCUT2D eigenvalue weighted by Gasteiger charge is -2.32. The van der Waals surface area contributed by atoms with E-state index in [4.69, 9.17) is 5.73 Å². The Morgan fingerprint density at radius 2 is 2.18 bits per heavy atom. The first kappa shape index (κ1) is 12.6. The molecule has 1 aliphatic rings. The van der Waals surface area contributed by atoms with Gasteiger partial charge in [0.2, 0.25) is 0 Å². The average molecular weight is 232 g/mol. The lowest BCUT2D eigenvalue weighted by atomic mass is 9.84. The third kappa shape index (κ3) is 2.88. The van der Waals surface area contributed by atoms with Gasteiger partial charge in [0.1, 0.15) is 0 Å². The summed E-state index contributed by atoms with van der Waals surface area (Å²) in [5.41, 5.74) is 10.2. The number of nitrogens with one attached hydrogen (secondary N) is 1. The van der Waals surface area contributed by atoms with Crippen molar-refractivity contribution in [1.82, 2.24) is 5.32 Å². The van der Waals surface area contributed by atoms with Crippen molar-refractivity contribution in [3.8, 4) is 0 Å². The van der Waals surface area contributed by atoms with Crippen molar-refractivity contribution in [2.75, 3.05) is 13.1 Å². The molecule has 2 heteroatoms. The molecule has 0 saturated carbocycles. The molecule has 1 aromatic rings. The van der Waals surface area contributed by atoms with Gasteiger partial charge in [-0.15, -0.1) is 0 Å². The van der Waals surface area contributed by atoms with Gasteiger partial charge >= 0.3 is 0 Å². The molecule has 0 aliphatic carbocycles. The normalized spacial score (nSPS) is 22.4. The molecule has 2 nitrogen and oxygen atoms in total. The Hall–Kier alpha value is -0.860. The van der Waals surface area contributed by atoms with E-state index in [1.165, 1.54) is 36.0 Å². The minimum atomic E-state index is 0.468. The Bertz CT molecular complexity index is 367. The maximum absolute atomic E-state index is 6.01. The van der Waals surface area contributed by atoms with Crippen molar-refractivity contribution in [3.05, 3.63) is 34.9 Å². The van der Waals surface area contributed by atoms with Crippen molar-refractivity contribution in [2.24, 2.45) is 5.73 Å². The first-order valence-corrected chi connectivity index (χ1v) is 6.73. The van der Waals surface area contributed by atoms with Crippen LogP contribution in [0.15, 0.2) is 18.2 Å². The number of benzene rings is 1. The Kier molecular flexibility index (Phi) is 4.19. The van der Waals surface area contributed by atoms with Gasteiger partial charge in [0.15, 0.2) is 0 Å². The molecule has 2 atom stereocenters. The van der Waals surface area contributed by atoms with Crippen LogP contribution in [-0.4, -0.2) is 19.1 Å². The van der Waals surface area contributed by atoms with E-state index in [1.54, 1.807) is 0 Å². The van der Waals surface area contributed by atoms with Gasteiger partial charge in [-0.25, -0.2) is 0 Å². The molecule has 2 rings (SSSR count). The molecular weight excluding hydrogens is 208 g/mol. The summed E-state index contributed by atoms with van der Waals surface area (Å²) in [7, 11) is 0. The standard InChI is InChI=1S/C15H24N2/c1-11-6-7-12(2)13(9-11)14(10-16)15-5-3-4-8-17-15/h6-7,9,14-15,17H,3-5,8,10,16H2,1-2H3. The van der Waals surface area contributed by atoms with Crippen molar-refractivity contribution in [2.45, 2.75) is 45.1 Å². The van der Waals surface area contributed by atoms with E-state index in [0.717, 1.165) is 13.1 Å². The number of hydrogen-bond donors (Lipinski definition) is 2. The summed E-state index contributed by atoms with van der Waals surface area (Å²) >= 11 is 0. The zero-order valence-electron chi connectivity index (χ0n) is 11.0. The van der Waals surface area contributed by atoms with Gasteiger partial charge in [0.25, 0.3) is 0 Å². The molecule has 0 spiro atoms. The van der Waals surface area contributed by atoms with Crippen molar-refractivity contribution in [1.29, 1.82) is 0 Å². The van der Waals surface area contributed by atoms with Crippen LogP contribution in [0.1, 0.15) is 41.9 Å². The molecule has 3 N–H and O–H groups in total. The first-order chi connectivity index (χ1) is 8.22. The van der Waals surface area contributed by atoms with E-state index in [-0.39, 0.29) is 0 Å². The third-order valence-corrected chi connectivity index (χ3v) is 3.92. The van der Waals surface area contributed by atoms with E-state index >= 15 is 0 Å². The number of rotatable bonds is 3. The highest BCUT2D eigenvalue weighted by Gasteiger charge is 2.24. The smallest absolute Gasteiger partial charge is 0.0148 e. The predicted molar refractivity (Wildman–Crippen MR) is 73.4 cm³/mol. The van der Waals surface area contributed by atoms with Gasteiger partial charge in [0.05, 0.1) is 0 Å². The van der Waals surface area contributed by atoms with Crippen LogP contribution in [0, 0.1) is 13.8 Å². The first-order valence-electron chi connectivity index (χ1n) is 6.73. The van der Waals surface area contributed by atoms with Crippen molar-refractivity contribution >= 4 is 0 Å². The highest BCUT2D eigenvalue weighted by molar-refractivity contribution is 5.34. The van der Waals surface area contributed by atoms with Crippen LogP contribution < -0.4 is 11.1 Å². The number of hydrogen-bond acceptors (Lipinski definition) is 2. The van der Waals surface area contributed by atoms with Crippen LogP contribution in [0.4, 0.5) is 0 Å². The van der Waals surface area contributed by atoms with Crippen LogP contribution in [0.25, 0.3) is 0 Å². The van der Waals surface area contributed by atoms with E-state index < -0.39 is 0 Å². The fourth-order valence-corrected chi connectivity index (χ4v) is 2.89. The second-order valence-electron chi connectivity index (χ2n) is 5.26. The van der Waals surface area contributed by atoms with E-state index in [1.807, 2.05) is 0 Å². The van der Waals surface area contributed by atoms with Crippen LogP contribution in [-0.2, 0) is 0 Å². The van der Waals surface area contributed by atoms with Gasteiger partial charge in [-0.05, 0) is 44.4 Å². The van der Waals surface area contributed by atoms with Crippen LogP contribution in [0.5, 0.6) is 0 Å². The Morgan fingerprint density at radius 1 is 1.35 bits per heavy atom. The molecule has 0 bridgehead atoms. The average Bonchev–Trinajstić information content (AvgIpc) is 2.36. The second-order valence-corrected chi connectivity index (χ2v) is 5.26. The highest BCUT2D eigenvalue weighted by Crippen LogP contribution is 2.27. The predicted octanol–water partition coefficient (Wildman–Crippen LogP) is 2.49. The molecule has 1 fully saturated rings. The Balaban J connectivity index is 2.24. The van der Waals surface area contributed by atoms with Crippen LogP contribution in [0.2, 0.25) is 0 Å². The van der Waals surface area contributed by atoms with Crippen molar-refractivity contribution in [3.63, 3.8) is 0 Å². The molecule has 1 heterocycles. The molecule has 0 amide bonds. The van der Waals surface area contributed by atoms with Gasteiger partial charge in [-0.2, -0.15) is 0 Å². The van der Waals surface area contributed by atoms with Crippen molar-refractivity contribution < 1.29 is 0 Å². The molecular formula is C15H24N2. The lowest BCUT2D eigenvalue weighted by molar-refractivity contribution is 0.352. The van der Waals surface area contributed by atoms with E-state index in [0.29, 0.717) is 12.0 Å². The van der Waals surface area contributed by atoms with Gasteiger partial charge in [0, 0.05) is 18.5 Å². The minimum Gasteiger partial charge on any atom is -0.330 e. The summed E-state index contributed by atoms with van der Waals surface area (Å²) in [6, 6.07) is 7.27. The zero-order chi connectivity index (χ0) is 12.3. The van der Waals surface area contributed by atoms with E-state index in [2.05, 4.69) is 37.4 Å². The van der Waals surface area contributed by atoms with Gasteiger partial charge in [-0.3, -0.25) is 0 Å². The maximum Gasteiger partial charge on any atom is 0.0148 e. The van der Waals surface area contributed by atoms with Gasteiger partial charge in [-0.1, -0.05) is 30.2 Å². The SMILES string of the molecule is Cc1ccc(C)c(C(CN)C2CCCCN2)c1. The number of nitrogens with two attached hydrogens (primary N) is 1. The summed E-state index contributed by atoms with van der Waals surface area (Å²) in [5, 5.41) is 3.64. The van der Waals surface area contributed by atoms with E-state index in [9.17, 15) is 0 Å². The summed E-state index contributed by atoms with van der Waals surface area (Å²) in [6.45, 7) is 6.24. The molecule has 17 heavy (non-hydrogen) atoms. The quantitative estimate of drug-likeness (QED) is 0.840. The summed E-state index contributed by atoms with van der Waals surface area (Å²) in [5.74, 6) is 0.468. The highest BCUT2D eigenvalue weighted by atomic mass is 14.9. The molecule has 94 valence electrons. The maximum atomic E-state index is 6.01. The zero-order valence-corrected chi connectivity index (χ0v) is 11.0. The fraction of sp³-hybridized carbons (Fsp3) is 0.600. The summed E-state index contributed by atoms with van der Waals surface area (Å²) in [4.78, 5) is 0. The Labute approximate surface area is 105 Å². The fourth-order valence-electron chi connectivity index (χ4n) is 2.89. The van der Waals surface area contributed by atoms with Crippen LogP contribution in [0.3, 0.4) is 0 Å². The minimum absolute atomic E-state index is 0.468. The molecule has 1 aliphatic heterocycles. The third-order valence-electron chi connectivity index (χ3n) is 3.92. The second kappa shape index (κ2) is 5.65. The Morgan fingerprint density at radius 3 is 2.82 bits per heavy atom. The molecule has 0 aromatic heterocycles. The van der Waals surface area contributed by atoms with Crippen LogP contribution >= 0.6 is 0 Å². The number of aryl methyl sites for hydroxylation is 2. The summed E-state index contributed by atoms with van der Waals surface area (Å²) in [6.07, 6.45) is 3.90. The molecule has 1 aromatic carbocycles. The topological polar surface area (TPSA) is 38.0 Å².